The van der Waals surface area contributed by atoms with E-state index in [-0.39, 0.29) is 24.2 Å². The van der Waals surface area contributed by atoms with Crippen LogP contribution in [0.2, 0.25) is 0 Å². The summed E-state index contributed by atoms with van der Waals surface area (Å²) in [7, 11) is 0. The summed E-state index contributed by atoms with van der Waals surface area (Å²) >= 11 is 0. The number of imide groups is 1. The molecule has 2 aromatic carbocycles. The Morgan fingerprint density at radius 3 is 2.29 bits per heavy atom. The predicted molar refractivity (Wildman–Crippen MR) is 119 cm³/mol. The molecule has 0 radical (unpaired) electrons. The Kier molecular flexibility index (Phi) is 6.81. The van der Waals surface area contributed by atoms with Gasteiger partial charge in [-0.05, 0) is 49.1 Å². The van der Waals surface area contributed by atoms with Crippen molar-refractivity contribution >= 4 is 11.9 Å². The van der Waals surface area contributed by atoms with Crippen LogP contribution in [0.3, 0.4) is 0 Å². The SMILES string of the molecule is N[C@@H](CCN1CCC2(CC1)NC(=O)N(Cc1ccc(OC(F)(F)F)cc1)C2=O)c1ccccc1. The van der Waals surface area contributed by atoms with Crippen LogP contribution in [0.15, 0.2) is 54.6 Å². The number of ether oxygens (including phenoxy) is 1. The zero-order valence-corrected chi connectivity index (χ0v) is 18.6. The van der Waals surface area contributed by atoms with Gasteiger partial charge in [-0.25, -0.2) is 4.79 Å². The van der Waals surface area contributed by atoms with Crippen molar-refractivity contribution in [3.05, 3.63) is 65.7 Å². The minimum atomic E-state index is -4.78. The van der Waals surface area contributed by atoms with Crippen molar-refractivity contribution in [1.29, 1.82) is 0 Å². The van der Waals surface area contributed by atoms with Crippen molar-refractivity contribution in [2.45, 2.75) is 43.8 Å². The van der Waals surface area contributed by atoms with Crippen LogP contribution < -0.4 is 15.8 Å². The lowest BCUT2D eigenvalue weighted by atomic mass is 9.87. The van der Waals surface area contributed by atoms with Gasteiger partial charge in [-0.1, -0.05) is 42.5 Å². The summed E-state index contributed by atoms with van der Waals surface area (Å²) in [6.07, 6.45) is -3.00. The molecule has 0 aromatic heterocycles. The number of likely N-dealkylation sites (tertiary alicyclic amines) is 1. The fourth-order valence-corrected chi connectivity index (χ4v) is 4.48. The van der Waals surface area contributed by atoms with E-state index in [1.807, 2.05) is 30.3 Å². The zero-order valence-electron chi connectivity index (χ0n) is 18.6. The summed E-state index contributed by atoms with van der Waals surface area (Å²) in [6.45, 7) is 2.09. The minimum absolute atomic E-state index is 0.0195. The number of hydrogen-bond acceptors (Lipinski definition) is 5. The van der Waals surface area contributed by atoms with Gasteiger partial charge in [0.05, 0.1) is 6.54 Å². The number of nitrogens with zero attached hydrogens (tertiary/aromatic N) is 2. The third-order valence-corrected chi connectivity index (χ3v) is 6.44. The van der Waals surface area contributed by atoms with E-state index >= 15 is 0 Å². The monoisotopic (exact) mass is 476 g/mol. The van der Waals surface area contributed by atoms with Gasteiger partial charge >= 0.3 is 12.4 Å². The molecule has 2 fully saturated rings. The Bertz CT molecular complexity index is 1010. The van der Waals surface area contributed by atoms with E-state index in [1.54, 1.807) is 0 Å². The lowest BCUT2D eigenvalue weighted by Gasteiger charge is -2.37. The number of benzene rings is 2. The Morgan fingerprint density at radius 2 is 1.68 bits per heavy atom. The molecule has 1 atom stereocenters. The number of carbonyl (C=O) groups is 2. The standard InChI is InChI=1S/C24H27F3N4O3/c25-24(26,27)34-19-8-6-17(7-9-19)16-31-21(32)23(29-22(31)33)11-14-30(15-12-23)13-10-20(28)18-4-2-1-3-5-18/h1-9,20H,10-16,28H2,(H,29,33)/t20-/m0/s1. The highest BCUT2D eigenvalue weighted by atomic mass is 19.4. The van der Waals surface area contributed by atoms with Crippen molar-refractivity contribution in [3.63, 3.8) is 0 Å². The molecule has 7 nitrogen and oxygen atoms in total. The van der Waals surface area contributed by atoms with E-state index in [9.17, 15) is 22.8 Å². The normalized spacial score (nSPS) is 19.4. The maximum Gasteiger partial charge on any atom is 0.573 e. The third kappa shape index (κ3) is 5.51. The zero-order chi connectivity index (χ0) is 24.3. The summed E-state index contributed by atoms with van der Waals surface area (Å²) in [6, 6.07) is 14.5. The van der Waals surface area contributed by atoms with E-state index in [2.05, 4.69) is 15.0 Å². The number of nitrogens with two attached hydrogens (primary N) is 1. The second-order valence-electron chi connectivity index (χ2n) is 8.74. The lowest BCUT2D eigenvalue weighted by Crippen LogP contribution is -2.55. The van der Waals surface area contributed by atoms with Crippen molar-refractivity contribution < 1.29 is 27.5 Å². The second kappa shape index (κ2) is 9.63. The number of carbonyl (C=O) groups excluding carboxylic acids is 2. The number of hydrogen-bond donors (Lipinski definition) is 2. The molecule has 1 spiro atoms. The van der Waals surface area contributed by atoms with Crippen LogP contribution in [0.25, 0.3) is 0 Å². The number of nitrogens with one attached hydrogen (secondary N) is 1. The Morgan fingerprint density at radius 1 is 1.03 bits per heavy atom. The molecule has 2 heterocycles. The van der Waals surface area contributed by atoms with E-state index in [0.29, 0.717) is 31.5 Å². The molecule has 2 aromatic rings. The van der Waals surface area contributed by atoms with E-state index in [0.717, 1.165) is 35.6 Å². The minimum Gasteiger partial charge on any atom is -0.406 e. The number of piperidine rings is 1. The van der Waals surface area contributed by atoms with Gasteiger partial charge in [0, 0.05) is 19.1 Å². The van der Waals surface area contributed by atoms with Gasteiger partial charge in [0.2, 0.25) is 0 Å². The van der Waals surface area contributed by atoms with Gasteiger partial charge in [0.1, 0.15) is 11.3 Å². The Labute approximate surface area is 195 Å². The molecule has 34 heavy (non-hydrogen) atoms. The Hall–Kier alpha value is -3.11. The van der Waals surface area contributed by atoms with Gasteiger partial charge in [-0.15, -0.1) is 13.2 Å². The molecule has 4 rings (SSSR count). The van der Waals surface area contributed by atoms with Gasteiger partial charge in [-0.2, -0.15) is 0 Å². The van der Waals surface area contributed by atoms with Crippen LogP contribution in [0.1, 0.15) is 36.4 Å². The maximum atomic E-state index is 13.1. The first kappa shape index (κ1) is 24.0. The summed E-state index contributed by atoms with van der Waals surface area (Å²) in [5.74, 6) is -0.655. The molecule has 182 valence electrons. The third-order valence-electron chi connectivity index (χ3n) is 6.44. The van der Waals surface area contributed by atoms with Gasteiger partial charge in [-0.3, -0.25) is 9.69 Å². The molecule has 0 unspecified atom stereocenters. The summed E-state index contributed by atoms with van der Waals surface area (Å²) < 4.78 is 40.8. The molecule has 0 saturated carbocycles. The van der Waals surface area contributed by atoms with Crippen LogP contribution in [0, 0.1) is 0 Å². The molecule has 2 saturated heterocycles. The number of rotatable bonds is 7. The van der Waals surface area contributed by atoms with Crippen LogP contribution in [0.5, 0.6) is 5.75 Å². The number of alkyl halides is 3. The van der Waals surface area contributed by atoms with Crippen LogP contribution >= 0.6 is 0 Å². The predicted octanol–water partition coefficient (Wildman–Crippen LogP) is 3.56. The lowest BCUT2D eigenvalue weighted by molar-refractivity contribution is -0.274. The van der Waals surface area contributed by atoms with E-state index < -0.39 is 17.9 Å². The highest BCUT2D eigenvalue weighted by Gasteiger charge is 2.52. The van der Waals surface area contributed by atoms with Crippen LogP contribution in [0.4, 0.5) is 18.0 Å². The van der Waals surface area contributed by atoms with Crippen LogP contribution in [-0.4, -0.2) is 53.3 Å². The highest BCUT2D eigenvalue weighted by Crippen LogP contribution is 2.31. The fourth-order valence-electron chi connectivity index (χ4n) is 4.48. The molecule has 2 aliphatic heterocycles. The van der Waals surface area contributed by atoms with Crippen molar-refractivity contribution in [2.24, 2.45) is 5.73 Å². The molecule has 0 bridgehead atoms. The molecule has 2 aliphatic rings. The maximum absolute atomic E-state index is 13.1. The van der Waals surface area contributed by atoms with E-state index in [4.69, 9.17) is 5.73 Å². The first-order valence-corrected chi connectivity index (χ1v) is 11.2. The molecule has 10 heteroatoms. The topological polar surface area (TPSA) is 87.9 Å². The molecule has 0 aliphatic carbocycles. The first-order chi connectivity index (χ1) is 16.2. The van der Waals surface area contributed by atoms with Gasteiger partial charge in [0.25, 0.3) is 5.91 Å². The molecule has 3 N–H and O–H groups in total. The smallest absolute Gasteiger partial charge is 0.406 e. The summed E-state index contributed by atoms with van der Waals surface area (Å²) in [5, 5.41) is 2.86. The summed E-state index contributed by atoms with van der Waals surface area (Å²) in [5.41, 5.74) is 6.97. The van der Waals surface area contributed by atoms with Gasteiger partial charge in [0.15, 0.2) is 0 Å². The van der Waals surface area contributed by atoms with Crippen LogP contribution in [-0.2, 0) is 11.3 Å². The number of amides is 3. The average Bonchev–Trinajstić information content (AvgIpc) is 3.03. The fraction of sp³-hybridized carbons (Fsp3) is 0.417. The molecular formula is C24H27F3N4O3. The highest BCUT2D eigenvalue weighted by molar-refractivity contribution is 6.07. The van der Waals surface area contributed by atoms with Crippen molar-refractivity contribution in [3.8, 4) is 5.75 Å². The number of halogens is 3. The van der Waals surface area contributed by atoms with Gasteiger partial charge < -0.3 is 20.7 Å². The van der Waals surface area contributed by atoms with Crippen molar-refractivity contribution in [1.82, 2.24) is 15.1 Å². The molecule has 3 amide bonds. The molecular weight excluding hydrogens is 449 g/mol. The first-order valence-electron chi connectivity index (χ1n) is 11.2. The average molecular weight is 476 g/mol. The summed E-state index contributed by atoms with van der Waals surface area (Å²) in [4.78, 5) is 29.1. The largest absolute Gasteiger partial charge is 0.573 e. The van der Waals surface area contributed by atoms with Crippen molar-refractivity contribution in [2.75, 3.05) is 19.6 Å². The second-order valence-corrected chi connectivity index (χ2v) is 8.74. The van der Waals surface area contributed by atoms with E-state index in [1.165, 1.54) is 12.1 Å². The Balaban J connectivity index is 1.30. The number of urea groups is 1. The quantitative estimate of drug-likeness (QED) is 0.597.